The molecule has 1 fully saturated rings. The molecule has 1 heterocycles. The largest absolute Gasteiger partial charge is 0.391 e. The van der Waals surface area contributed by atoms with Crippen LogP contribution in [0.25, 0.3) is 0 Å². The number of aliphatic hydroxyl groups is 1. The molecule has 0 saturated carbocycles. The standard InChI is InChI=1S/C16H23NO2/c1-12-4-6-13(7-5-12)8-9-15(19)17-11-10-14(18)16(17,2)3/h4-7,14,18H,8-11H2,1-3H3. The van der Waals surface area contributed by atoms with E-state index in [-0.39, 0.29) is 5.91 Å². The van der Waals surface area contributed by atoms with Crippen LogP contribution in [0, 0.1) is 6.92 Å². The van der Waals surface area contributed by atoms with Gasteiger partial charge in [-0.3, -0.25) is 4.79 Å². The Morgan fingerprint density at radius 2 is 2.00 bits per heavy atom. The van der Waals surface area contributed by atoms with Crippen LogP contribution in [0.4, 0.5) is 0 Å². The minimum Gasteiger partial charge on any atom is -0.391 e. The molecule has 1 aromatic carbocycles. The molecule has 3 nitrogen and oxygen atoms in total. The number of aliphatic hydroxyl groups excluding tert-OH is 1. The molecule has 1 atom stereocenters. The van der Waals surface area contributed by atoms with E-state index in [9.17, 15) is 9.90 Å². The molecular formula is C16H23NO2. The van der Waals surface area contributed by atoms with Crippen LogP contribution in [0.5, 0.6) is 0 Å². The topological polar surface area (TPSA) is 40.5 Å². The first-order chi connectivity index (χ1) is 8.91. The van der Waals surface area contributed by atoms with Crippen molar-refractivity contribution in [3.63, 3.8) is 0 Å². The van der Waals surface area contributed by atoms with Crippen LogP contribution >= 0.6 is 0 Å². The molecule has 104 valence electrons. The number of benzene rings is 1. The summed E-state index contributed by atoms with van der Waals surface area (Å²) < 4.78 is 0. The summed E-state index contributed by atoms with van der Waals surface area (Å²) in [6.07, 6.45) is 1.56. The van der Waals surface area contributed by atoms with Crippen molar-refractivity contribution >= 4 is 5.91 Å². The molecule has 19 heavy (non-hydrogen) atoms. The van der Waals surface area contributed by atoms with Crippen molar-refractivity contribution in [2.75, 3.05) is 6.54 Å². The Hall–Kier alpha value is -1.35. The highest BCUT2D eigenvalue weighted by atomic mass is 16.3. The minimum atomic E-state index is -0.426. The van der Waals surface area contributed by atoms with Gasteiger partial charge >= 0.3 is 0 Å². The normalized spacial score (nSPS) is 21.7. The van der Waals surface area contributed by atoms with Crippen molar-refractivity contribution in [2.24, 2.45) is 0 Å². The number of amides is 1. The average Bonchev–Trinajstić information content (AvgIpc) is 2.63. The second kappa shape index (κ2) is 5.33. The summed E-state index contributed by atoms with van der Waals surface area (Å²) >= 11 is 0. The predicted octanol–water partition coefficient (Wildman–Crippen LogP) is 2.30. The number of rotatable bonds is 3. The second-order valence-electron chi connectivity index (χ2n) is 5.99. The molecule has 0 aromatic heterocycles. The van der Waals surface area contributed by atoms with Crippen LogP contribution in [0.3, 0.4) is 0 Å². The van der Waals surface area contributed by atoms with Crippen molar-refractivity contribution in [1.29, 1.82) is 0 Å². The van der Waals surface area contributed by atoms with Gasteiger partial charge in [-0.25, -0.2) is 0 Å². The lowest BCUT2D eigenvalue weighted by Gasteiger charge is -2.33. The molecule has 0 bridgehead atoms. The number of carbonyl (C=O) groups excluding carboxylic acids is 1. The number of likely N-dealkylation sites (tertiary alicyclic amines) is 1. The maximum absolute atomic E-state index is 12.3. The average molecular weight is 261 g/mol. The summed E-state index contributed by atoms with van der Waals surface area (Å²) in [6, 6.07) is 8.30. The van der Waals surface area contributed by atoms with Crippen LogP contribution in [0.15, 0.2) is 24.3 Å². The lowest BCUT2D eigenvalue weighted by molar-refractivity contribution is -0.136. The van der Waals surface area contributed by atoms with E-state index in [1.165, 1.54) is 11.1 Å². The van der Waals surface area contributed by atoms with E-state index in [0.717, 1.165) is 6.42 Å². The summed E-state index contributed by atoms with van der Waals surface area (Å²) in [7, 11) is 0. The van der Waals surface area contributed by atoms with E-state index in [2.05, 4.69) is 31.2 Å². The number of nitrogens with zero attached hydrogens (tertiary/aromatic N) is 1. The summed E-state index contributed by atoms with van der Waals surface area (Å²) in [5.74, 6) is 0.141. The van der Waals surface area contributed by atoms with Crippen LogP contribution in [0.2, 0.25) is 0 Å². The van der Waals surface area contributed by atoms with E-state index < -0.39 is 11.6 Å². The van der Waals surface area contributed by atoms with Crippen molar-refractivity contribution in [2.45, 2.75) is 51.7 Å². The molecule has 1 aliphatic heterocycles. The van der Waals surface area contributed by atoms with E-state index in [1.54, 1.807) is 0 Å². The van der Waals surface area contributed by atoms with Crippen molar-refractivity contribution in [1.82, 2.24) is 4.90 Å². The summed E-state index contributed by atoms with van der Waals surface area (Å²) in [5.41, 5.74) is 2.00. The molecule has 3 heteroatoms. The van der Waals surface area contributed by atoms with Gasteiger partial charge in [0.15, 0.2) is 0 Å². The first-order valence-electron chi connectivity index (χ1n) is 6.95. The molecular weight excluding hydrogens is 238 g/mol. The maximum Gasteiger partial charge on any atom is 0.223 e. The number of hydrogen-bond acceptors (Lipinski definition) is 2. The third kappa shape index (κ3) is 2.98. The zero-order chi connectivity index (χ0) is 14.0. The molecule has 1 amide bonds. The Labute approximate surface area is 115 Å². The smallest absolute Gasteiger partial charge is 0.223 e. The third-order valence-electron chi connectivity index (χ3n) is 4.19. The van der Waals surface area contributed by atoms with Crippen LogP contribution in [-0.2, 0) is 11.2 Å². The van der Waals surface area contributed by atoms with Crippen LogP contribution in [0.1, 0.15) is 37.8 Å². The van der Waals surface area contributed by atoms with E-state index >= 15 is 0 Å². The summed E-state index contributed by atoms with van der Waals surface area (Å²) in [5, 5.41) is 9.90. The van der Waals surface area contributed by atoms with Gasteiger partial charge in [0.2, 0.25) is 5.91 Å². The van der Waals surface area contributed by atoms with Gasteiger partial charge in [-0.15, -0.1) is 0 Å². The fourth-order valence-electron chi connectivity index (χ4n) is 2.66. The van der Waals surface area contributed by atoms with Gasteiger partial charge in [0.25, 0.3) is 0 Å². The lowest BCUT2D eigenvalue weighted by atomic mass is 9.98. The minimum absolute atomic E-state index is 0.141. The Balaban J connectivity index is 1.93. The molecule has 1 aliphatic rings. The highest BCUT2D eigenvalue weighted by Crippen LogP contribution is 2.29. The summed E-state index contributed by atoms with van der Waals surface area (Å²) in [4.78, 5) is 14.1. The quantitative estimate of drug-likeness (QED) is 0.907. The van der Waals surface area contributed by atoms with Gasteiger partial charge < -0.3 is 10.0 Å². The molecule has 0 aliphatic carbocycles. The van der Waals surface area contributed by atoms with Crippen molar-refractivity contribution in [3.8, 4) is 0 Å². The Bertz CT molecular complexity index is 450. The Morgan fingerprint density at radius 1 is 1.37 bits per heavy atom. The van der Waals surface area contributed by atoms with Crippen molar-refractivity contribution in [3.05, 3.63) is 35.4 Å². The molecule has 2 rings (SSSR count). The molecule has 0 radical (unpaired) electrons. The van der Waals surface area contributed by atoms with Gasteiger partial charge in [0.1, 0.15) is 0 Å². The first kappa shape index (κ1) is 14.1. The Morgan fingerprint density at radius 3 is 2.53 bits per heavy atom. The monoisotopic (exact) mass is 261 g/mol. The molecule has 0 spiro atoms. The van der Waals surface area contributed by atoms with Gasteiger partial charge in [-0.05, 0) is 39.2 Å². The van der Waals surface area contributed by atoms with E-state index in [0.29, 0.717) is 19.4 Å². The zero-order valence-corrected chi connectivity index (χ0v) is 12.0. The number of carbonyl (C=O) groups is 1. The molecule has 1 unspecified atom stereocenters. The molecule has 1 aromatic rings. The zero-order valence-electron chi connectivity index (χ0n) is 12.0. The van der Waals surface area contributed by atoms with Crippen LogP contribution in [-0.4, -0.2) is 34.1 Å². The Kier molecular flexibility index (Phi) is 3.95. The van der Waals surface area contributed by atoms with E-state index in [4.69, 9.17) is 0 Å². The van der Waals surface area contributed by atoms with E-state index in [1.807, 2.05) is 18.7 Å². The first-order valence-corrected chi connectivity index (χ1v) is 6.95. The fraction of sp³-hybridized carbons (Fsp3) is 0.562. The fourth-order valence-corrected chi connectivity index (χ4v) is 2.66. The van der Waals surface area contributed by atoms with Crippen LogP contribution < -0.4 is 0 Å². The predicted molar refractivity (Wildman–Crippen MR) is 75.9 cm³/mol. The number of hydrogen-bond donors (Lipinski definition) is 1. The van der Waals surface area contributed by atoms with Gasteiger partial charge in [-0.2, -0.15) is 0 Å². The van der Waals surface area contributed by atoms with Gasteiger partial charge in [-0.1, -0.05) is 29.8 Å². The highest BCUT2D eigenvalue weighted by Gasteiger charge is 2.42. The molecule has 1 saturated heterocycles. The second-order valence-corrected chi connectivity index (χ2v) is 5.99. The van der Waals surface area contributed by atoms with Gasteiger partial charge in [0.05, 0.1) is 11.6 Å². The maximum atomic E-state index is 12.3. The number of aryl methyl sites for hydroxylation is 2. The molecule has 1 N–H and O–H groups in total. The summed E-state index contributed by atoms with van der Waals surface area (Å²) in [6.45, 7) is 6.60. The highest BCUT2D eigenvalue weighted by molar-refractivity contribution is 5.77. The SMILES string of the molecule is Cc1ccc(CCC(=O)N2CCC(O)C2(C)C)cc1. The van der Waals surface area contributed by atoms with Gasteiger partial charge in [0, 0.05) is 13.0 Å². The van der Waals surface area contributed by atoms with Crippen molar-refractivity contribution < 1.29 is 9.90 Å². The lowest BCUT2D eigenvalue weighted by Crippen LogP contribution is -2.48. The third-order valence-corrected chi connectivity index (χ3v) is 4.19.